The number of aryl methyl sites for hydroxylation is 2. The van der Waals surface area contributed by atoms with E-state index in [-0.39, 0.29) is 17.2 Å². The summed E-state index contributed by atoms with van der Waals surface area (Å²) in [6, 6.07) is 8.25. The lowest BCUT2D eigenvalue weighted by Crippen LogP contribution is -2.16. The summed E-state index contributed by atoms with van der Waals surface area (Å²) in [5, 5.41) is 13.0. The van der Waals surface area contributed by atoms with Gasteiger partial charge in [-0.2, -0.15) is 5.26 Å². The van der Waals surface area contributed by atoms with Gasteiger partial charge in [0.25, 0.3) is 5.91 Å². The molecule has 186 valence electrons. The molecule has 0 fully saturated rings. The molecule has 0 unspecified atom stereocenters. The van der Waals surface area contributed by atoms with Crippen molar-refractivity contribution in [1.82, 2.24) is 4.57 Å². The number of rotatable bonds is 6. The predicted octanol–water partition coefficient (Wildman–Crippen LogP) is 6.55. The van der Waals surface area contributed by atoms with Gasteiger partial charge >= 0.3 is 5.97 Å². The number of ether oxygens (including phenoxy) is 1. The molecule has 9 heteroatoms. The molecular formula is C27H25ClFN3O3S. The number of benzene rings is 1. The van der Waals surface area contributed by atoms with Crippen LogP contribution >= 0.6 is 22.9 Å². The van der Waals surface area contributed by atoms with Gasteiger partial charge in [-0.15, -0.1) is 11.3 Å². The molecule has 0 aliphatic heterocycles. The second-order valence-electron chi connectivity index (χ2n) is 8.52. The van der Waals surface area contributed by atoms with Gasteiger partial charge in [-0.1, -0.05) is 11.6 Å². The van der Waals surface area contributed by atoms with Crippen molar-refractivity contribution >= 4 is 45.9 Å². The molecule has 4 rings (SSSR count). The smallest absolute Gasteiger partial charge is 0.341 e. The third-order valence-electron chi connectivity index (χ3n) is 6.17. The van der Waals surface area contributed by atoms with Crippen LogP contribution < -0.4 is 5.32 Å². The van der Waals surface area contributed by atoms with Gasteiger partial charge in [-0.05, 0) is 87.9 Å². The molecule has 0 radical (unpaired) electrons. The molecule has 36 heavy (non-hydrogen) atoms. The molecule has 1 aromatic carbocycles. The van der Waals surface area contributed by atoms with E-state index >= 15 is 0 Å². The lowest BCUT2D eigenvalue weighted by molar-refractivity contribution is -0.112. The first kappa shape index (κ1) is 25.7. The van der Waals surface area contributed by atoms with Crippen LogP contribution in [-0.4, -0.2) is 23.1 Å². The van der Waals surface area contributed by atoms with Crippen molar-refractivity contribution in [2.75, 3.05) is 11.9 Å². The molecule has 0 bridgehead atoms. The summed E-state index contributed by atoms with van der Waals surface area (Å²) in [6.45, 7) is 5.68. The van der Waals surface area contributed by atoms with Crippen molar-refractivity contribution in [2.45, 2.75) is 46.5 Å². The number of fused-ring (bicyclic) bond motifs is 1. The van der Waals surface area contributed by atoms with E-state index in [9.17, 15) is 19.2 Å². The molecule has 1 N–H and O–H groups in total. The molecule has 1 amide bonds. The zero-order valence-electron chi connectivity index (χ0n) is 20.2. The third-order valence-corrected chi connectivity index (χ3v) is 7.67. The number of anilines is 1. The molecule has 1 aliphatic rings. The summed E-state index contributed by atoms with van der Waals surface area (Å²) >= 11 is 7.34. The van der Waals surface area contributed by atoms with Crippen molar-refractivity contribution in [3.8, 4) is 11.8 Å². The Balaban J connectivity index is 1.67. The fourth-order valence-corrected chi connectivity index (χ4v) is 5.95. The minimum Gasteiger partial charge on any atom is -0.462 e. The monoisotopic (exact) mass is 525 g/mol. The van der Waals surface area contributed by atoms with Crippen LogP contribution in [-0.2, 0) is 22.4 Å². The highest BCUT2D eigenvalue weighted by molar-refractivity contribution is 7.17. The van der Waals surface area contributed by atoms with Gasteiger partial charge in [0.15, 0.2) is 0 Å². The Bertz CT molecular complexity index is 1430. The number of carbonyl (C=O) groups is 2. The second kappa shape index (κ2) is 10.7. The van der Waals surface area contributed by atoms with Crippen LogP contribution in [0.5, 0.6) is 0 Å². The maximum atomic E-state index is 13.6. The zero-order chi connectivity index (χ0) is 26.0. The topological polar surface area (TPSA) is 84.1 Å². The van der Waals surface area contributed by atoms with E-state index in [4.69, 9.17) is 16.3 Å². The van der Waals surface area contributed by atoms with Crippen LogP contribution in [0.4, 0.5) is 9.39 Å². The van der Waals surface area contributed by atoms with Crippen LogP contribution in [0.15, 0.2) is 29.8 Å². The Morgan fingerprint density at radius 3 is 2.72 bits per heavy atom. The number of esters is 1. The van der Waals surface area contributed by atoms with Crippen LogP contribution in [0.25, 0.3) is 11.8 Å². The van der Waals surface area contributed by atoms with Crippen LogP contribution in [0.2, 0.25) is 5.02 Å². The quantitative estimate of drug-likeness (QED) is 0.225. The lowest BCUT2D eigenvalue weighted by Gasteiger charge is -2.12. The van der Waals surface area contributed by atoms with Gasteiger partial charge in [0, 0.05) is 22.0 Å². The predicted molar refractivity (Wildman–Crippen MR) is 139 cm³/mol. The normalized spacial score (nSPS) is 13.2. The van der Waals surface area contributed by atoms with E-state index in [1.165, 1.54) is 29.5 Å². The molecule has 0 atom stereocenters. The molecule has 6 nitrogen and oxygen atoms in total. The van der Waals surface area contributed by atoms with Crippen molar-refractivity contribution in [3.63, 3.8) is 0 Å². The Hall–Kier alpha value is -3.41. The number of nitriles is 1. The Kier molecular flexibility index (Phi) is 7.62. The van der Waals surface area contributed by atoms with Gasteiger partial charge in [0.1, 0.15) is 22.5 Å². The van der Waals surface area contributed by atoms with Crippen LogP contribution in [0.3, 0.4) is 0 Å². The maximum absolute atomic E-state index is 13.6. The Morgan fingerprint density at radius 1 is 1.28 bits per heavy atom. The number of nitrogens with one attached hydrogen (secondary N) is 1. The average Bonchev–Trinajstić information content (AvgIpc) is 3.35. The van der Waals surface area contributed by atoms with E-state index in [1.807, 2.05) is 30.6 Å². The average molecular weight is 526 g/mol. The van der Waals surface area contributed by atoms with Crippen molar-refractivity contribution in [3.05, 3.63) is 73.6 Å². The van der Waals surface area contributed by atoms with Crippen molar-refractivity contribution in [2.24, 2.45) is 0 Å². The van der Waals surface area contributed by atoms with E-state index in [2.05, 4.69) is 5.32 Å². The highest BCUT2D eigenvalue weighted by Crippen LogP contribution is 2.39. The molecule has 0 saturated carbocycles. The summed E-state index contributed by atoms with van der Waals surface area (Å²) in [5.74, 6) is -1.57. The number of hydrogen-bond acceptors (Lipinski definition) is 5. The number of carbonyl (C=O) groups excluding carboxylic acids is 2. The number of amides is 1. The van der Waals surface area contributed by atoms with Crippen molar-refractivity contribution in [1.29, 1.82) is 5.26 Å². The Labute approximate surface area is 218 Å². The lowest BCUT2D eigenvalue weighted by atomic mass is 9.95. The van der Waals surface area contributed by atoms with Gasteiger partial charge in [-0.25, -0.2) is 9.18 Å². The van der Waals surface area contributed by atoms with Gasteiger partial charge in [0.2, 0.25) is 0 Å². The summed E-state index contributed by atoms with van der Waals surface area (Å²) in [6.07, 6.45) is 5.12. The number of hydrogen-bond donors (Lipinski definition) is 1. The number of nitrogens with zero attached hydrogens (tertiary/aromatic N) is 2. The summed E-state index contributed by atoms with van der Waals surface area (Å²) in [5.41, 5.74) is 4.15. The maximum Gasteiger partial charge on any atom is 0.341 e. The van der Waals surface area contributed by atoms with Gasteiger partial charge in [-0.3, -0.25) is 4.79 Å². The molecule has 2 heterocycles. The largest absolute Gasteiger partial charge is 0.462 e. The zero-order valence-corrected chi connectivity index (χ0v) is 21.8. The molecule has 1 aliphatic carbocycles. The van der Waals surface area contributed by atoms with E-state index in [1.54, 1.807) is 13.0 Å². The number of halogens is 2. The molecule has 0 saturated heterocycles. The van der Waals surface area contributed by atoms with E-state index < -0.39 is 17.7 Å². The van der Waals surface area contributed by atoms with E-state index in [0.29, 0.717) is 21.8 Å². The summed E-state index contributed by atoms with van der Waals surface area (Å²) in [7, 11) is 0. The highest BCUT2D eigenvalue weighted by Gasteiger charge is 2.28. The minimum absolute atomic E-state index is 0.00485. The van der Waals surface area contributed by atoms with Crippen LogP contribution in [0, 0.1) is 31.0 Å². The van der Waals surface area contributed by atoms with Crippen molar-refractivity contribution < 1.29 is 18.7 Å². The summed E-state index contributed by atoms with van der Waals surface area (Å²) < 4.78 is 20.8. The fraction of sp³-hybridized carbons (Fsp3) is 0.296. The Morgan fingerprint density at radius 2 is 2.03 bits per heavy atom. The highest BCUT2D eigenvalue weighted by atomic mass is 35.5. The molecule has 3 aromatic rings. The third kappa shape index (κ3) is 4.95. The first-order valence-corrected chi connectivity index (χ1v) is 12.8. The first-order chi connectivity index (χ1) is 17.2. The molecule has 2 aromatic heterocycles. The standard InChI is InChI=1S/C27H25ClFN3O3S/c1-4-35-27(34)24-20-7-5-6-8-23(20)36-26(24)31-25(33)18(14-30)12-17-11-15(2)32(16(17)3)19-9-10-22(29)21(28)13-19/h9-13H,4-8H2,1-3H3,(H,31,33). The SMILES string of the molecule is CCOC(=O)c1c(NC(=O)C(C#N)=Cc2cc(C)n(-c3ccc(F)c(Cl)c3)c2C)sc2c1CCCC2. The van der Waals surface area contributed by atoms with Gasteiger partial charge in [0.05, 0.1) is 17.2 Å². The fourth-order valence-electron chi connectivity index (χ4n) is 4.50. The van der Waals surface area contributed by atoms with Gasteiger partial charge < -0.3 is 14.6 Å². The molecular weight excluding hydrogens is 501 g/mol. The van der Waals surface area contributed by atoms with E-state index in [0.717, 1.165) is 47.5 Å². The number of aromatic nitrogens is 1. The summed E-state index contributed by atoms with van der Waals surface area (Å²) in [4.78, 5) is 26.9. The second-order valence-corrected chi connectivity index (χ2v) is 10.0. The molecule has 0 spiro atoms. The first-order valence-electron chi connectivity index (χ1n) is 11.6. The minimum atomic E-state index is -0.601. The van der Waals surface area contributed by atoms with Crippen LogP contribution in [0.1, 0.15) is 57.5 Å². The number of thiophene rings is 1.